The van der Waals surface area contributed by atoms with Crippen molar-refractivity contribution in [2.45, 2.75) is 69.9 Å². The first-order valence-electron chi connectivity index (χ1n) is 7.85. The van der Waals surface area contributed by atoms with Crippen molar-refractivity contribution in [2.75, 3.05) is 13.1 Å². The van der Waals surface area contributed by atoms with Crippen molar-refractivity contribution in [2.24, 2.45) is 5.92 Å². The Morgan fingerprint density at radius 2 is 1.79 bits per heavy atom. The number of rotatable bonds is 3. The molecule has 0 aromatic rings. The Balaban J connectivity index is 0.00000133. The van der Waals surface area contributed by atoms with E-state index in [1.165, 1.54) is 38.5 Å². The van der Waals surface area contributed by atoms with Crippen LogP contribution in [-0.4, -0.2) is 36.0 Å². The number of halogens is 1. The normalized spacial score (nSPS) is 31.1. The molecule has 3 nitrogen and oxygen atoms in total. The zero-order valence-electron chi connectivity index (χ0n) is 11.8. The monoisotopic (exact) mass is 286 g/mol. The van der Waals surface area contributed by atoms with Crippen molar-refractivity contribution >= 4 is 18.3 Å². The van der Waals surface area contributed by atoms with Gasteiger partial charge < -0.3 is 10.2 Å². The summed E-state index contributed by atoms with van der Waals surface area (Å²) in [5.41, 5.74) is 0. The van der Waals surface area contributed by atoms with Gasteiger partial charge in [0.15, 0.2) is 0 Å². The van der Waals surface area contributed by atoms with Crippen molar-refractivity contribution in [3.63, 3.8) is 0 Å². The van der Waals surface area contributed by atoms with E-state index in [-0.39, 0.29) is 12.4 Å². The van der Waals surface area contributed by atoms with Crippen LogP contribution in [0.2, 0.25) is 0 Å². The molecule has 3 aliphatic rings. The number of carbonyl (C=O) groups is 1. The zero-order chi connectivity index (χ0) is 12.4. The molecule has 0 spiro atoms. The van der Waals surface area contributed by atoms with Crippen LogP contribution in [0.3, 0.4) is 0 Å². The minimum atomic E-state index is 0. The van der Waals surface area contributed by atoms with Crippen LogP contribution in [0.15, 0.2) is 0 Å². The molecule has 2 atom stereocenters. The molecule has 3 rings (SSSR count). The minimum absolute atomic E-state index is 0. The Morgan fingerprint density at radius 3 is 2.58 bits per heavy atom. The molecule has 0 radical (unpaired) electrons. The molecule has 3 fully saturated rings. The predicted octanol–water partition coefficient (Wildman–Crippen LogP) is 2.73. The predicted molar refractivity (Wildman–Crippen MR) is 79.6 cm³/mol. The van der Waals surface area contributed by atoms with Crippen LogP contribution in [0.5, 0.6) is 0 Å². The van der Waals surface area contributed by atoms with E-state index in [0.717, 1.165) is 38.3 Å². The molecule has 2 aliphatic heterocycles. The molecule has 2 heterocycles. The van der Waals surface area contributed by atoms with E-state index in [0.29, 0.717) is 18.0 Å². The van der Waals surface area contributed by atoms with E-state index in [1.54, 1.807) is 0 Å². The van der Waals surface area contributed by atoms with Crippen LogP contribution < -0.4 is 5.32 Å². The Hall–Kier alpha value is -0.280. The van der Waals surface area contributed by atoms with Gasteiger partial charge in [-0.25, -0.2) is 0 Å². The largest absolute Gasteiger partial charge is 0.341 e. The second kappa shape index (κ2) is 6.94. The van der Waals surface area contributed by atoms with Crippen molar-refractivity contribution in [3.8, 4) is 0 Å². The van der Waals surface area contributed by atoms with Crippen molar-refractivity contribution in [1.82, 2.24) is 10.2 Å². The van der Waals surface area contributed by atoms with Crippen molar-refractivity contribution in [1.29, 1.82) is 0 Å². The fraction of sp³-hybridized carbons (Fsp3) is 0.933. The molecule has 1 N–H and O–H groups in total. The lowest BCUT2D eigenvalue weighted by atomic mass is 10.0. The van der Waals surface area contributed by atoms with Gasteiger partial charge in [-0.3, -0.25) is 4.79 Å². The maximum absolute atomic E-state index is 12.3. The number of carbonyl (C=O) groups excluding carboxylic acids is 1. The topological polar surface area (TPSA) is 32.3 Å². The van der Waals surface area contributed by atoms with Gasteiger partial charge in [0.05, 0.1) is 0 Å². The molecule has 2 saturated heterocycles. The fourth-order valence-corrected chi connectivity index (χ4v) is 3.95. The van der Waals surface area contributed by atoms with Gasteiger partial charge in [0, 0.05) is 31.6 Å². The van der Waals surface area contributed by atoms with Crippen LogP contribution in [-0.2, 0) is 4.79 Å². The Labute approximate surface area is 122 Å². The summed E-state index contributed by atoms with van der Waals surface area (Å²) in [6.45, 7) is 1.94. The molecule has 0 aromatic heterocycles. The summed E-state index contributed by atoms with van der Waals surface area (Å²) in [4.78, 5) is 14.4. The first-order chi connectivity index (χ1) is 8.81. The van der Waals surface area contributed by atoms with Crippen LogP contribution in [0.1, 0.15) is 57.8 Å². The third-order valence-electron chi connectivity index (χ3n) is 5.12. The third kappa shape index (κ3) is 3.85. The fourth-order valence-electron chi connectivity index (χ4n) is 3.95. The highest BCUT2D eigenvalue weighted by atomic mass is 35.5. The summed E-state index contributed by atoms with van der Waals surface area (Å²) in [7, 11) is 0. The summed E-state index contributed by atoms with van der Waals surface area (Å²) < 4.78 is 0. The molecule has 4 heteroatoms. The number of amides is 1. The van der Waals surface area contributed by atoms with E-state index in [1.807, 2.05) is 0 Å². The Bertz CT molecular complexity index is 305. The average Bonchev–Trinajstić information content (AvgIpc) is 2.96. The Kier molecular flexibility index (Phi) is 5.52. The molecule has 2 unspecified atom stereocenters. The van der Waals surface area contributed by atoms with Crippen LogP contribution in [0.25, 0.3) is 0 Å². The number of likely N-dealkylation sites (tertiary alicyclic amines) is 1. The van der Waals surface area contributed by atoms with E-state index in [4.69, 9.17) is 0 Å². The molecule has 1 aliphatic carbocycles. The summed E-state index contributed by atoms with van der Waals surface area (Å²) in [5, 5.41) is 3.64. The maximum atomic E-state index is 12.3. The van der Waals surface area contributed by atoms with E-state index in [9.17, 15) is 4.79 Å². The van der Waals surface area contributed by atoms with E-state index >= 15 is 0 Å². The number of nitrogens with one attached hydrogen (secondary N) is 1. The van der Waals surface area contributed by atoms with Crippen LogP contribution in [0.4, 0.5) is 0 Å². The first kappa shape index (κ1) is 15.1. The second-order valence-corrected chi connectivity index (χ2v) is 6.46. The van der Waals surface area contributed by atoms with Gasteiger partial charge in [-0.1, -0.05) is 25.7 Å². The standard InChI is InChI=1S/C15H26N2O.ClH/c18-15(8-5-12-3-1-2-4-12)17-10-9-13-6-7-14(11-17)16-13;/h12-14,16H,1-11H2;1H. The molecular formula is C15H27ClN2O. The number of nitrogens with zero attached hydrogens (tertiary/aromatic N) is 1. The van der Waals surface area contributed by atoms with Gasteiger partial charge in [-0.15, -0.1) is 12.4 Å². The third-order valence-corrected chi connectivity index (χ3v) is 5.12. The van der Waals surface area contributed by atoms with Crippen molar-refractivity contribution < 1.29 is 4.79 Å². The quantitative estimate of drug-likeness (QED) is 0.865. The molecule has 1 saturated carbocycles. The zero-order valence-corrected chi connectivity index (χ0v) is 12.6. The Morgan fingerprint density at radius 1 is 1.05 bits per heavy atom. The van der Waals surface area contributed by atoms with Gasteiger partial charge >= 0.3 is 0 Å². The van der Waals surface area contributed by atoms with Crippen molar-refractivity contribution in [3.05, 3.63) is 0 Å². The van der Waals surface area contributed by atoms with Gasteiger partial charge in [0.2, 0.25) is 5.91 Å². The number of hydrogen-bond acceptors (Lipinski definition) is 2. The van der Waals surface area contributed by atoms with Gasteiger partial charge in [0.1, 0.15) is 0 Å². The van der Waals surface area contributed by atoms with E-state index < -0.39 is 0 Å². The summed E-state index contributed by atoms with van der Waals surface area (Å²) >= 11 is 0. The highest BCUT2D eigenvalue weighted by Gasteiger charge is 2.31. The molecule has 19 heavy (non-hydrogen) atoms. The molecule has 110 valence electrons. The highest BCUT2D eigenvalue weighted by molar-refractivity contribution is 5.85. The maximum Gasteiger partial charge on any atom is 0.222 e. The SMILES string of the molecule is Cl.O=C(CCC1CCCC1)N1CCC2CCC(C1)N2. The number of hydrogen-bond donors (Lipinski definition) is 1. The smallest absolute Gasteiger partial charge is 0.222 e. The summed E-state index contributed by atoms with van der Waals surface area (Å²) in [6.07, 6.45) is 11.2. The lowest BCUT2D eigenvalue weighted by Gasteiger charge is -2.24. The molecule has 1 amide bonds. The molecule has 0 aromatic carbocycles. The summed E-state index contributed by atoms with van der Waals surface area (Å²) in [6, 6.07) is 1.26. The first-order valence-corrected chi connectivity index (χ1v) is 7.85. The minimum Gasteiger partial charge on any atom is -0.341 e. The van der Waals surface area contributed by atoms with Crippen LogP contribution >= 0.6 is 12.4 Å². The molecular weight excluding hydrogens is 260 g/mol. The van der Waals surface area contributed by atoms with E-state index in [2.05, 4.69) is 10.2 Å². The van der Waals surface area contributed by atoms with Gasteiger partial charge in [-0.05, 0) is 31.6 Å². The molecule has 2 bridgehead atoms. The lowest BCUT2D eigenvalue weighted by molar-refractivity contribution is -0.131. The van der Waals surface area contributed by atoms with Gasteiger partial charge in [0.25, 0.3) is 0 Å². The second-order valence-electron chi connectivity index (χ2n) is 6.46. The number of fused-ring (bicyclic) bond motifs is 2. The summed E-state index contributed by atoms with van der Waals surface area (Å²) in [5.74, 6) is 1.26. The van der Waals surface area contributed by atoms with Gasteiger partial charge in [-0.2, -0.15) is 0 Å². The average molecular weight is 287 g/mol. The highest BCUT2D eigenvalue weighted by Crippen LogP contribution is 2.29. The lowest BCUT2D eigenvalue weighted by Crippen LogP contribution is -2.39. The van der Waals surface area contributed by atoms with Crippen LogP contribution in [0, 0.1) is 5.92 Å².